The van der Waals surface area contributed by atoms with E-state index in [2.05, 4.69) is 37.9 Å². The highest BCUT2D eigenvalue weighted by molar-refractivity contribution is 5.58. The van der Waals surface area contributed by atoms with Gasteiger partial charge in [0.2, 0.25) is 0 Å². The van der Waals surface area contributed by atoms with Crippen molar-refractivity contribution in [2.45, 2.75) is 25.8 Å². The van der Waals surface area contributed by atoms with Gasteiger partial charge in [-0.05, 0) is 50.6 Å². The largest absolute Gasteiger partial charge is 0.495 e. The number of hydrogen-bond acceptors (Lipinski definition) is 3. The number of benzene rings is 1. The van der Waals surface area contributed by atoms with Crippen molar-refractivity contribution in [2.75, 3.05) is 26.4 Å². The number of rotatable bonds is 1. The van der Waals surface area contributed by atoms with Gasteiger partial charge in [-0.2, -0.15) is 0 Å². The Balaban J connectivity index is 2.56. The summed E-state index contributed by atoms with van der Waals surface area (Å²) in [4.78, 5) is 2.36. The Bertz CT molecular complexity index is 413. The third-order valence-electron chi connectivity index (χ3n) is 3.79. The van der Waals surface area contributed by atoms with Gasteiger partial charge >= 0.3 is 0 Å². The lowest BCUT2D eigenvalue weighted by Crippen LogP contribution is -2.44. The minimum atomic E-state index is 0.0496. The maximum atomic E-state index is 5.98. The fourth-order valence-electron chi connectivity index (χ4n) is 2.37. The molecule has 0 saturated heterocycles. The number of nitrogens with zero attached hydrogens (tertiary/aromatic N) is 1. The van der Waals surface area contributed by atoms with Crippen molar-refractivity contribution in [3.05, 3.63) is 23.3 Å². The van der Waals surface area contributed by atoms with Crippen LogP contribution in [0.25, 0.3) is 0 Å². The SMILES string of the molecule is COc1cc2c(cc1N)C(C)(C)N(C)CC2. The second-order valence-electron chi connectivity index (χ2n) is 4.98. The standard InChI is InChI=1S/C13H20N2O/c1-13(2)10-8-11(14)12(16-4)7-9(10)5-6-15(13)3/h7-8H,5-6,14H2,1-4H3. The minimum absolute atomic E-state index is 0.0496. The fraction of sp³-hybridized carbons (Fsp3) is 0.538. The molecule has 0 amide bonds. The molecule has 0 radical (unpaired) electrons. The summed E-state index contributed by atoms with van der Waals surface area (Å²) in [6.07, 6.45) is 1.06. The van der Waals surface area contributed by atoms with Gasteiger partial charge in [0.15, 0.2) is 0 Å². The Morgan fingerprint density at radius 1 is 1.38 bits per heavy atom. The van der Waals surface area contributed by atoms with Crippen LogP contribution in [-0.4, -0.2) is 25.6 Å². The Morgan fingerprint density at radius 3 is 2.69 bits per heavy atom. The third-order valence-corrected chi connectivity index (χ3v) is 3.79. The van der Waals surface area contributed by atoms with Crippen molar-refractivity contribution < 1.29 is 4.74 Å². The molecule has 3 heteroatoms. The predicted molar refractivity (Wildman–Crippen MR) is 66.8 cm³/mol. The summed E-state index contributed by atoms with van der Waals surface area (Å²) in [7, 11) is 3.82. The van der Waals surface area contributed by atoms with E-state index < -0.39 is 0 Å². The molecule has 1 aliphatic rings. The Hall–Kier alpha value is -1.22. The summed E-state index contributed by atoms with van der Waals surface area (Å²) >= 11 is 0. The van der Waals surface area contributed by atoms with Crippen molar-refractivity contribution >= 4 is 5.69 Å². The maximum Gasteiger partial charge on any atom is 0.142 e. The molecule has 0 aliphatic carbocycles. The third kappa shape index (κ3) is 1.55. The number of ether oxygens (including phenoxy) is 1. The van der Waals surface area contributed by atoms with Gasteiger partial charge in [-0.25, -0.2) is 0 Å². The molecule has 1 aliphatic heterocycles. The van der Waals surface area contributed by atoms with Gasteiger partial charge in [0, 0.05) is 12.1 Å². The van der Waals surface area contributed by atoms with Gasteiger partial charge in [0.1, 0.15) is 5.75 Å². The Kier molecular flexibility index (Phi) is 2.58. The molecule has 1 aromatic rings. The van der Waals surface area contributed by atoms with Crippen LogP contribution in [0, 0.1) is 0 Å². The van der Waals surface area contributed by atoms with E-state index >= 15 is 0 Å². The van der Waals surface area contributed by atoms with E-state index in [1.165, 1.54) is 11.1 Å². The monoisotopic (exact) mass is 220 g/mol. The zero-order valence-electron chi connectivity index (χ0n) is 10.5. The highest BCUT2D eigenvalue weighted by Gasteiger charge is 2.32. The first-order valence-electron chi connectivity index (χ1n) is 5.65. The average Bonchev–Trinajstić information content (AvgIpc) is 2.24. The summed E-state index contributed by atoms with van der Waals surface area (Å²) in [5.74, 6) is 0.791. The minimum Gasteiger partial charge on any atom is -0.495 e. The Morgan fingerprint density at radius 2 is 2.06 bits per heavy atom. The van der Waals surface area contributed by atoms with Gasteiger partial charge in [-0.15, -0.1) is 0 Å². The lowest BCUT2D eigenvalue weighted by atomic mass is 9.83. The number of fused-ring (bicyclic) bond motifs is 1. The molecule has 3 nitrogen and oxygen atoms in total. The molecule has 0 fully saturated rings. The molecule has 1 heterocycles. The van der Waals surface area contributed by atoms with Gasteiger partial charge in [-0.3, -0.25) is 4.90 Å². The number of nitrogens with two attached hydrogens (primary N) is 1. The summed E-state index contributed by atoms with van der Waals surface area (Å²) in [6, 6.07) is 4.14. The molecule has 0 spiro atoms. The molecule has 0 atom stereocenters. The van der Waals surface area contributed by atoms with E-state index in [4.69, 9.17) is 10.5 Å². The van der Waals surface area contributed by atoms with Gasteiger partial charge < -0.3 is 10.5 Å². The van der Waals surface area contributed by atoms with Gasteiger partial charge in [-0.1, -0.05) is 0 Å². The van der Waals surface area contributed by atoms with Crippen LogP contribution in [0.15, 0.2) is 12.1 Å². The number of methoxy groups -OCH3 is 1. The van der Waals surface area contributed by atoms with E-state index in [1.54, 1.807) is 7.11 Å². The van der Waals surface area contributed by atoms with Crippen LogP contribution in [-0.2, 0) is 12.0 Å². The van der Waals surface area contributed by atoms with Crippen molar-refractivity contribution in [1.29, 1.82) is 0 Å². The molecule has 16 heavy (non-hydrogen) atoms. The van der Waals surface area contributed by atoms with E-state index in [9.17, 15) is 0 Å². The number of nitrogen functional groups attached to an aromatic ring is 1. The molecular formula is C13H20N2O. The average molecular weight is 220 g/mol. The van der Waals surface area contributed by atoms with E-state index in [-0.39, 0.29) is 5.54 Å². The van der Waals surface area contributed by atoms with E-state index in [1.807, 2.05) is 0 Å². The van der Waals surface area contributed by atoms with Crippen molar-refractivity contribution in [1.82, 2.24) is 4.90 Å². The van der Waals surface area contributed by atoms with E-state index in [0.717, 1.165) is 24.4 Å². The number of hydrogen-bond donors (Lipinski definition) is 1. The topological polar surface area (TPSA) is 38.5 Å². The lowest BCUT2D eigenvalue weighted by Gasteiger charge is -2.41. The predicted octanol–water partition coefficient (Wildman–Crippen LogP) is 2.00. The lowest BCUT2D eigenvalue weighted by molar-refractivity contribution is 0.143. The number of anilines is 1. The van der Waals surface area contributed by atoms with Crippen LogP contribution < -0.4 is 10.5 Å². The maximum absolute atomic E-state index is 5.98. The zero-order valence-corrected chi connectivity index (χ0v) is 10.5. The van der Waals surface area contributed by atoms with Crippen LogP contribution >= 0.6 is 0 Å². The molecular weight excluding hydrogens is 200 g/mol. The first kappa shape index (κ1) is 11.3. The van der Waals surface area contributed by atoms with Crippen LogP contribution in [0.4, 0.5) is 5.69 Å². The molecule has 88 valence electrons. The number of likely N-dealkylation sites (N-methyl/N-ethyl adjacent to an activating group) is 1. The molecule has 0 aromatic heterocycles. The fourth-order valence-corrected chi connectivity index (χ4v) is 2.37. The molecule has 2 N–H and O–H groups in total. The van der Waals surface area contributed by atoms with Gasteiger partial charge in [0.25, 0.3) is 0 Å². The summed E-state index contributed by atoms with van der Waals surface area (Å²) < 4.78 is 5.27. The first-order chi connectivity index (χ1) is 7.46. The van der Waals surface area contributed by atoms with Crippen molar-refractivity contribution in [2.24, 2.45) is 0 Å². The van der Waals surface area contributed by atoms with Crippen LogP contribution in [0.2, 0.25) is 0 Å². The van der Waals surface area contributed by atoms with E-state index in [0.29, 0.717) is 0 Å². The van der Waals surface area contributed by atoms with Gasteiger partial charge in [0.05, 0.1) is 12.8 Å². The summed E-state index contributed by atoms with van der Waals surface area (Å²) in [5, 5.41) is 0. The van der Waals surface area contributed by atoms with Crippen LogP contribution in [0.5, 0.6) is 5.75 Å². The first-order valence-corrected chi connectivity index (χ1v) is 5.65. The second kappa shape index (κ2) is 3.67. The molecule has 0 bridgehead atoms. The zero-order chi connectivity index (χ0) is 11.9. The molecule has 0 saturated carbocycles. The smallest absolute Gasteiger partial charge is 0.142 e. The summed E-state index contributed by atoms with van der Waals surface area (Å²) in [5.41, 5.74) is 9.43. The normalized spacial score (nSPS) is 19.2. The molecule has 2 rings (SSSR count). The quantitative estimate of drug-likeness (QED) is 0.736. The highest BCUT2D eigenvalue weighted by Crippen LogP contribution is 2.38. The second-order valence-corrected chi connectivity index (χ2v) is 4.98. The Labute approximate surface area is 97.2 Å². The van der Waals surface area contributed by atoms with Crippen molar-refractivity contribution in [3.63, 3.8) is 0 Å². The van der Waals surface area contributed by atoms with Crippen molar-refractivity contribution in [3.8, 4) is 5.75 Å². The molecule has 1 aromatic carbocycles. The highest BCUT2D eigenvalue weighted by atomic mass is 16.5. The molecule has 0 unspecified atom stereocenters. The van der Waals surface area contributed by atoms with Crippen LogP contribution in [0.1, 0.15) is 25.0 Å². The van der Waals surface area contributed by atoms with Crippen LogP contribution in [0.3, 0.4) is 0 Å². The summed E-state index contributed by atoms with van der Waals surface area (Å²) in [6.45, 7) is 5.54.